The lowest BCUT2D eigenvalue weighted by molar-refractivity contribution is 0.242. The van der Waals surface area contributed by atoms with Crippen LogP contribution in [0, 0.1) is 0 Å². The number of pyridine rings is 1. The van der Waals surface area contributed by atoms with E-state index >= 15 is 0 Å². The molecule has 1 heterocycles. The van der Waals surface area contributed by atoms with Crippen LogP contribution >= 0.6 is 0 Å². The minimum atomic E-state index is -3.91. The summed E-state index contributed by atoms with van der Waals surface area (Å²) in [5.74, 6) is 0. The van der Waals surface area contributed by atoms with Crippen molar-refractivity contribution in [3.63, 3.8) is 0 Å². The van der Waals surface area contributed by atoms with E-state index in [2.05, 4.69) is 4.98 Å². The lowest BCUT2D eigenvalue weighted by Gasteiger charge is -2.02. The highest BCUT2D eigenvalue weighted by atomic mass is 32.2. The molecule has 7 heteroatoms. The Morgan fingerprint density at radius 3 is 2.75 bits per heavy atom. The molecule has 0 saturated carbocycles. The van der Waals surface area contributed by atoms with Gasteiger partial charge in [-0.25, -0.2) is 8.42 Å². The molecule has 0 unspecified atom stereocenters. The van der Waals surface area contributed by atoms with Crippen LogP contribution in [0.2, 0.25) is 0 Å². The summed E-state index contributed by atoms with van der Waals surface area (Å²) in [5, 5.41) is 8.25. The first-order valence-corrected chi connectivity index (χ1v) is 4.42. The number of nitrogens with zero attached hydrogens (tertiary/aromatic N) is 1. The summed E-state index contributed by atoms with van der Waals surface area (Å²) < 4.78 is 21.9. The van der Waals surface area contributed by atoms with Crippen molar-refractivity contribution in [2.45, 2.75) is 4.90 Å². The van der Waals surface area contributed by atoms with Gasteiger partial charge in [0.15, 0.2) is 0 Å². The summed E-state index contributed by atoms with van der Waals surface area (Å²) in [7, 11) is 1.33. The summed E-state index contributed by atoms with van der Waals surface area (Å²) >= 11 is 0. The van der Waals surface area contributed by atoms with Gasteiger partial charge in [-0.3, -0.25) is 4.98 Å². The summed E-state index contributed by atoms with van der Waals surface area (Å²) in [5.41, 5.74) is -0.154. The van der Waals surface area contributed by atoms with Crippen molar-refractivity contribution in [3.05, 3.63) is 18.3 Å². The van der Waals surface area contributed by atoms with Crippen LogP contribution in [0.1, 0.15) is 0 Å². The molecule has 2 N–H and O–H groups in total. The third-order valence-electron chi connectivity index (χ3n) is 1.21. The molecule has 0 bridgehead atoms. The van der Waals surface area contributed by atoms with Crippen molar-refractivity contribution in [3.8, 4) is 0 Å². The van der Waals surface area contributed by atoms with Crippen molar-refractivity contribution in [2.24, 2.45) is 0 Å². The average Bonchev–Trinajstić information content (AvgIpc) is 2.05. The van der Waals surface area contributed by atoms with E-state index in [-0.39, 0.29) is 10.5 Å². The van der Waals surface area contributed by atoms with Crippen molar-refractivity contribution in [1.82, 2.24) is 9.87 Å². The second-order valence-corrected chi connectivity index (χ2v) is 3.61. The van der Waals surface area contributed by atoms with Gasteiger partial charge in [-0.05, 0) is 12.1 Å². The van der Waals surface area contributed by atoms with E-state index in [1.165, 1.54) is 18.3 Å². The Hall–Kier alpha value is -0.915. The van der Waals surface area contributed by atoms with Crippen LogP contribution in [0.3, 0.4) is 0 Å². The van der Waals surface area contributed by atoms with Crippen molar-refractivity contribution in [2.75, 3.05) is 0 Å². The van der Waals surface area contributed by atoms with Crippen molar-refractivity contribution >= 4 is 23.5 Å². The summed E-state index contributed by atoms with van der Waals surface area (Å²) in [4.78, 5) is 4.45. The van der Waals surface area contributed by atoms with Gasteiger partial charge in [0.1, 0.15) is 7.85 Å². The highest BCUT2D eigenvalue weighted by molar-refractivity contribution is 7.89. The molecule has 5 nitrogen and oxygen atoms in total. The minimum absolute atomic E-state index is 0.154. The van der Waals surface area contributed by atoms with E-state index in [1.54, 1.807) is 0 Å². The molecule has 1 aromatic heterocycles. The summed E-state index contributed by atoms with van der Waals surface area (Å²) in [6.07, 6.45) is 1.35. The maximum Gasteiger partial charge on any atom is 0.263 e. The molecule has 0 atom stereocenters. The monoisotopic (exact) mass is 184 g/mol. The van der Waals surface area contributed by atoms with E-state index in [0.717, 1.165) is 4.89 Å². The van der Waals surface area contributed by atoms with Gasteiger partial charge in [0, 0.05) is 11.8 Å². The van der Waals surface area contributed by atoms with Crippen LogP contribution in [0.5, 0.6) is 0 Å². The van der Waals surface area contributed by atoms with Crippen LogP contribution in [0.4, 0.5) is 0 Å². The Bertz CT molecular complexity index is 378. The highest BCUT2D eigenvalue weighted by Gasteiger charge is 2.14. The Kier molecular flexibility index (Phi) is 2.46. The molecule has 62 valence electrons. The highest BCUT2D eigenvalue weighted by Crippen LogP contribution is 2.00. The smallest absolute Gasteiger partial charge is 0.263 e. The lowest BCUT2D eigenvalue weighted by Crippen LogP contribution is -2.27. The Labute approximate surface area is 70.9 Å². The third kappa shape index (κ3) is 1.63. The number of aromatic nitrogens is 1. The molecule has 0 aliphatic heterocycles. The third-order valence-corrected chi connectivity index (χ3v) is 2.37. The van der Waals surface area contributed by atoms with Gasteiger partial charge in [-0.1, -0.05) is 4.89 Å². The molecule has 0 aliphatic carbocycles. The molecule has 0 aromatic carbocycles. The molecule has 2 radical (unpaired) electrons. The number of sulfonamides is 1. The normalized spacial score (nSPS) is 11.4. The fourth-order valence-corrected chi connectivity index (χ4v) is 1.36. The first-order valence-electron chi connectivity index (χ1n) is 2.94. The topological polar surface area (TPSA) is 79.3 Å². The second kappa shape index (κ2) is 3.22. The predicted molar refractivity (Wildman–Crippen MR) is 41.7 cm³/mol. The maximum absolute atomic E-state index is 10.9. The van der Waals surface area contributed by atoms with Crippen LogP contribution in [-0.2, 0) is 10.0 Å². The first kappa shape index (κ1) is 9.18. The largest absolute Gasteiger partial charge is 0.302 e. The Balaban J connectivity index is 3.30. The van der Waals surface area contributed by atoms with Gasteiger partial charge in [0.2, 0.25) is 0 Å². The molecule has 0 amide bonds. The van der Waals surface area contributed by atoms with Crippen LogP contribution in [0.15, 0.2) is 23.2 Å². The zero-order valence-corrected chi connectivity index (χ0v) is 6.75. The van der Waals surface area contributed by atoms with Gasteiger partial charge < -0.3 is 5.21 Å². The van der Waals surface area contributed by atoms with E-state index in [0.29, 0.717) is 0 Å². The molecule has 0 spiro atoms. The molecule has 0 aliphatic rings. The minimum Gasteiger partial charge on any atom is -0.302 e. The molecule has 0 saturated heterocycles. The van der Waals surface area contributed by atoms with Crippen molar-refractivity contribution in [1.29, 1.82) is 0 Å². The number of hydrogen-bond acceptors (Lipinski definition) is 4. The van der Waals surface area contributed by atoms with Gasteiger partial charge >= 0.3 is 0 Å². The number of rotatable bonds is 2. The number of nitrogens with one attached hydrogen (secondary N) is 1. The van der Waals surface area contributed by atoms with Gasteiger partial charge in [-0.2, -0.15) is 0 Å². The summed E-state index contributed by atoms with van der Waals surface area (Å²) in [6.45, 7) is 0. The fraction of sp³-hybridized carbons (Fsp3) is 0. The fourth-order valence-electron chi connectivity index (χ4n) is 0.679. The van der Waals surface area contributed by atoms with Crippen LogP contribution in [0.25, 0.3) is 0 Å². The van der Waals surface area contributed by atoms with Crippen LogP contribution < -0.4 is 10.5 Å². The molecular formula is C5H5BN2O3S. The standard InChI is InChI=1S/C5H5BN2O3S/c6-5-4(2-1-3-7-5)12(10,11)8-9/h1-3,8-9H. The van der Waals surface area contributed by atoms with E-state index in [4.69, 9.17) is 13.1 Å². The van der Waals surface area contributed by atoms with Gasteiger partial charge in [0.25, 0.3) is 10.0 Å². The zero-order valence-electron chi connectivity index (χ0n) is 5.93. The molecule has 1 aromatic rings. The number of hydrogen-bond donors (Lipinski definition) is 2. The molecular weight excluding hydrogens is 179 g/mol. The quantitative estimate of drug-likeness (QED) is 0.435. The average molecular weight is 184 g/mol. The molecule has 0 fully saturated rings. The van der Waals surface area contributed by atoms with E-state index in [9.17, 15) is 8.42 Å². The summed E-state index contributed by atoms with van der Waals surface area (Å²) in [6, 6.07) is 2.64. The second-order valence-electron chi connectivity index (χ2n) is 1.98. The SMILES string of the molecule is [B]c1ncccc1S(=O)(=O)NO. The Morgan fingerprint density at radius 2 is 2.25 bits per heavy atom. The van der Waals surface area contributed by atoms with Crippen LogP contribution in [-0.4, -0.2) is 26.5 Å². The molecule has 1 rings (SSSR count). The van der Waals surface area contributed by atoms with E-state index < -0.39 is 10.0 Å². The van der Waals surface area contributed by atoms with Gasteiger partial charge in [-0.15, -0.1) is 0 Å². The van der Waals surface area contributed by atoms with Gasteiger partial charge in [0.05, 0.1) is 4.90 Å². The zero-order chi connectivity index (χ0) is 9.19. The van der Waals surface area contributed by atoms with Crippen molar-refractivity contribution < 1.29 is 13.6 Å². The predicted octanol–water partition coefficient (Wildman–Crippen LogP) is -1.46. The maximum atomic E-state index is 10.9. The lowest BCUT2D eigenvalue weighted by atomic mass is 10.0. The van der Waals surface area contributed by atoms with E-state index in [1.807, 2.05) is 0 Å². The Morgan fingerprint density at radius 1 is 1.58 bits per heavy atom. The molecule has 12 heavy (non-hydrogen) atoms. The first-order chi connectivity index (χ1) is 5.58.